The molecule has 0 fully saturated rings. The fourth-order valence-electron chi connectivity index (χ4n) is 1.72. The SMILES string of the molecule is CCCS(=O)CCC(C)(C)Cc1co[nH]c1=O. The molecule has 4 nitrogen and oxygen atoms in total. The summed E-state index contributed by atoms with van der Waals surface area (Å²) in [6.45, 7) is 6.21. The Hall–Kier alpha value is -0.840. The van der Waals surface area contributed by atoms with Crippen molar-refractivity contribution in [3.8, 4) is 0 Å². The Morgan fingerprint density at radius 2 is 2.12 bits per heavy atom. The van der Waals surface area contributed by atoms with Crippen LogP contribution >= 0.6 is 0 Å². The molecule has 1 atom stereocenters. The molecule has 1 rings (SSSR count). The molecule has 0 aliphatic rings. The van der Waals surface area contributed by atoms with E-state index in [4.69, 9.17) is 4.52 Å². The van der Waals surface area contributed by atoms with Crippen molar-refractivity contribution in [3.63, 3.8) is 0 Å². The van der Waals surface area contributed by atoms with Crippen molar-refractivity contribution in [1.82, 2.24) is 5.16 Å². The fraction of sp³-hybridized carbons (Fsp3) is 0.750. The van der Waals surface area contributed by atoms with Crippen LogP contribution in [0, 0.1) is 5.41 Å². The number of rotatable bonds is 7. The van der Waals surface area contributed by atoms with E-state index in [0.717, 1.165) is 18.6 Å². The Bertz CT molecular complexity index is 419. The van der Waals surface area contributed by atoms with Gasteiger partial charge in [-0.25, -0.2) is 0 Å². The van der Waals surface area contributed by atoms with E-state index in [9.17, 15) is 9.00 Å². The summed E-state index contributed by atoms with van der Waals surface area (Å²) in [5, 5.41) is 2.29. The third-order valence-corrected chi connectivity index (χ3v) is 4.27. The van der Waals surface area contributed by atoms with Gasteiger partial charge in [-0.05, 0) is 24.7 Å². The summed E-state index contributed by atoms with van der Waals surface area (Å²) in [5.74, 6) is 1.47. The molecule has 0 saturated carbocycles. The molecule has 17 heavy (non-hydrogen) atoms. The molecular formula is C12H21NO3S. The number of H-pyrrole nitrogens is 1. The second-order valence-corrected chi connectivity index (χ2v) is 6.83. The van der Waals surface area contributed by atoms with E-state index in [1.807, 2.05) is 6.92 Å². The van der Waals surface area contributed by atoms with Crippen molar-refractivity contribution in [2.45, 2.75) is 40.0 Å². The van der Waals surface area contributed by atoms with Crippen LogP contribution < -0.4 is 5.56 Å². The lowest BCUT2D eigenvalue weighted by molar-refractivity contribution is 0.348. The molecule has 98 valence electrons. The number of hydrogen-bond donors (Lipinski definition) is 1. The first-order valence-electron chi connectivity index (χ1n) is 5.94. The van der Waals surface area contributed by atoms with Gasteiger partial charge in [0.25, 0.3) is 5.56 Å². The maximum atomic E-state index is 11.6. The van der Waals surface area contributed by atoms with Crippen molar-refractivity contribution < 1.29 is 8.73 Å². The summed E-state index contributed by atoms with van der Waals surface area (Å²) in [5.41, 5.74) is 0.476. The second kappa shape index (κ2) is 6.19. The van der Waals surface area contributed by atoms with Crippen molar-refractivity contribution in [1.29, 1.82) is 0 Å². The molecule has 0 aromatic carbocycles. The third kappa shape index (κ3) is 4.89. The van der Waals surface area contributed by atoms with Crippen molar-refractivity contribution >= 4 is 10.8 Å². The van der Waals surface area contributed by atoms with Gasteiger partial charge in [-0.3, -0.25) is 9.00 Å². The molecule has 5 heteroatoms. The number of aromatic nitrogens is 1. The molecule has 0 amide bonds. The van der Waals surface area contributed by atoms with Crippen molar-refractivity contribution in [2.75, 3.05) is 11.5 Å². The first-order chi connectivity index (χ1) is 7.94. The minimum Gasteiger partial charge on any atom is -0.387 e. The zero-order chi connectivity index (χ0) is 12.9. The Kier molecular flexibility index (Phi) is 5.18. The Morgan fingerprint density at radius 3 is 2.65 bits per heavy atom. The van der Waals surface area contributed by atoms with Gasteiger partial charge >= 0.3 is 0 Å². The first-order valence-corrected chi connectivity index (χ1v) is 7.43. The summed E-state index contributed by atoms with van der Waals surface area (Å²) in [7, 11) is -0.730. The van der Waals surface area contributed by atoms with E-state index >= 15 is 0 Å². The predicted molar refractivity (Wildman–Crippen MR) is 69.6 cm³/mol. The molecule has 0 aliphatic carbocycles. The van der Waals surface area contributed by atoms with Crippen LogP contribution in [0.1, 0.15) is 39.2 Å². The second-order valence-electron chi connectivity index (χ2n) is 5.13. The highest BCUT2D eigenvalue weighted by Crippen LogP contribution is 2.25. The van der Waals surface area contributed by atoms with Crippen LogP contribution in [0.15, 0.2) is 15.6 Å². The molecule has 1 heterocycles. The van der Waals surface area contributed by atoms with E-state index in [-0.39, 0.29) is 11.0 Å². The van der Waals surface area contributed by atoms with Gasteiger partial charge in [0.2, 0.25) is 0 Å². The average molecular weight is 259 g/mol. The Morgan fingerprint density at radius 1 is 1.41 bits per heavy atom. The molecule has 1 N–H and O–H groups in total. The fourth-order valence-corrected chi connectivity index (χ4v) is 3.16. The minimum absolute atomic E-state index is 0.0275. The van der Waals surface area contributed by atoms with E-state index in [2.05, 4.69) is 19.0 Å². The minimum atomic E-state index is -0.730. The maximum Gasteiger partial charge on any atom is 0.283 e. The topological polar surface area (TPSA) is 63.1 Å². The standard InChI is InChI=1S/C12H21NO3S/c1-4-6-17(15)7-5-12(2,3)8-10-9-16-13-11(10)14/h9H,4-8H2,1-3H3,(H,13,14). The predicted octanol–water partition coefficient (Wildman–Crippen LogP) is 2.09. The lowest BCUT2D eigenvalue weighted by atomic mass is 9.84. The van der Waals surface area contributed by atoms with E-state index in [0.29, 0.717) is 17.7 Å². The van der Waals surface area contributed by atoms with Crippen LogP contribution in [0.25, 0.3) is 0 Å². The molecule has 0 saturated heterocycles. The van der Waals surface area contributed by atoms with Gasteiger partial charge in [-0.15, -0.1) is 0 Å². The third-order valence-electron chi connectivity index (χ3n) is 2.75. The normalized spacial score (nSPS) is 13.8. The van der Waals surface area contributed by atoms with Gasteiger partial charge in [0.05, 0.1) is 5.56 Å². The molecular weight excluding hydrogens is 238 g/mol. The van der Waals surface area contributed by atoms with Gasteiger partial charge in [0, 0.05) is 22.3 Å². The highest BCUT2D eigenvalue weighted by molar-refractivity contribution is 7.84. The van der Waals surface area contributed by atoms with Gasteiger partial charge < -0.3 is 4.52 Å². The summed E-state index contributed by atoms with van der Waals surface area (Å²) in [6, 6.07) is 0. The van der Waals surface area contributed by atoms with Crippen LogP contribution in [-0.4, -0.2) is 20.9 Å². The monoisotopic (exact) mass is 259 g/mol. The quantitative estimate of drug-likeness (QED) is 0.815. The van der Waals surface area contributed by atoms with Crippen LogP contribution in [0.5, 0.6) is 0 Å². The lowest BCUT2D eigenvalue weighted by Gasteiger charge is -2.23. The van der Waals surface area contributed by atoms with E-state index in [1.54, 1.807) is 0 Å². The highest BCUT2D eigenvalue weighted by atomic mass is 32.2. The molecule has 1 aromatic rings. The molecule has 1 unspecified atom stereocenters. The van der Waals surface area contributed by atoms with Crippen LogP contribution in [0.3, 0.4) is 0 Å². The molecule has 1 aromatic heterocycles. The summed E-state index contributed by atoms with van der Waals surface area (Å²) >= 11 is 0. The van der Waals surface area contributed by atoms with E-state index in [1.165, 1.54) is 6.26 Å². The average Bonchev–Trinajstić information content (AvgIpc) is 2.62. The number of hydrogen-bond acceptors (Lipinski definition) is 3. The zero-order valence-corrected chi connectivity index (χ0v) is 11.6. The van der Waals surface area contributed by atoms with Crippen molar-refractivity contribution in [2.24, 2.45) is 5.41 Å². The van der Waals surface area contributed by atoms with E-state index < -0.39 is 10.8 Å². The zero-order valence-electron chi connectivity index (χ0n) is 10.7. The smallest absolute Gasteiger partial charge is 0.283 e. The van der Waals surface area contributed by atoms with Gasteiger partial charge in [0.1, 0.15) is 6.26 Å². The largest absolute Gasteiger partial charge is 0.387 e. The summed E-state index contributed by atoms with van der Waals surface area (Å²) in [4.78, 5) is 11.3. The van der Waals surface area contributed by atoms with Gasteiger partial charge in [0.15, 0.2) is 0 Å². The van der Waals surface area contributed by atoms with Crippen molar-refractivity contribution in [3.05, 3.63) is 22.2 Å². The first kappa shape index (κ1) is 14.2. The summed E-state index contributed by atoms with van der Waals surface area (Å²) in [6.07, 6.45) is 3.92. The van der Waals surface area contributed by atoms with Gasteiger partial charge in [-0.1, -0.05) is 20.8 Å². The van der Waals surface area contributed by atoms with Crippen LogP contribution in [-0.2, 0) is 17.2 Å². The maximum absolute atomic E-state index is 11.6. The summed E-state index contributed by atoms with van der Waals surface area (Å²) < 4.78 is 16.3. The molecule has 0 spiro atoms. The molecule has 0 radical (unpaired) electrons. The number of nitrogens with one attached hydrogen (secondary N) is 1. The Labute approximate surface area is 104 Å². The molecule has 0 aliphatic heterocycles. The lowest BCUT2D eigenvalue weighted by Crippen LogP contribution is -2.22. The van der Waals surface area contributed by atoms with Gasteiger partial charge in [-0.2, -0.15) is 5.16 Å². The van der Waals surface area contributed by atoms with Crippen LogP contribution in [0.2, 0.25) is 0 Å². The van der Waals surface area contributed by atoms with Crippen LogP contribution in [0.4, 0.5) is 0 Å². The highest BCUT2D eigenvalue weighted by Gasteiger charge is 2.21. The number of aromatic amines is 1. The Balaban J connectivity index is 2.49. The molecule has 0 bridgehead atoms.